The van der Waals surface area contributed by atoms with Gasteiger partial charge in [-0.2, -0.15) is 0 Å². The zero-order valence-electron chi connectivity index (χ0n) is 22.2. The predicted molar refractivity (Wildman–Crippen MR) is 153 cm³/mol. The molecule has 184 valence electrons. The molecule has 34 heavy (non-hydrogen) atoms. The first-order chi connectivity index (χ1) is 15.8. The van der Waals surface area contributed by atoms with Crippen LogP contribution in [0.3, 0.4) is 0 Å². The van der Waals surface area contributed by atoms with E-state index >= 15 is 0 Å². The molecule has 1 aliphatic carbocycles. The number of hydrogen-bond acceptors (Lipinski definition) is 4. The molecule has 3 rings (SSSR count). The normalized spacial score (nSPS) is 19.9. The second-order valence-electron chi connectivity index (χ2n) is 12.0. The van der Waals surface area contributed by atoms with E-state index in [-0.39, 0.29) is 12.1 Å². The summed E-state index contributed by atoms with van der Waals surface area (Å²) in [6, 6.07) is 9.04. The van der Waals surface area contributed by atoms with E-state index in [2.05, 4.69) is 63.5 Å². The van der Waals surface area contributed by atoms with Crippen LogP contribution >= 0.6 is 0 Å². The van der Waals surface area contributed by atoms with Crippen molar-refractivity contribution in [1.82, 2.24) is 0 Å². The molecule has 0 atom stereocenters. The van der Waals surface area contributed by atoms with Gasteiger partial charge in [-0.15, -0.1) is 0 Å². The standard InChI is InChI=1S/C28H42N2O2Si2/c1-19-13-25(33(3,4)5)15-21(27(19)31)17-29-23-9-11-24(12-10-23)30-18-22-16-26(34(6,7)8)14-20(2)28(22)32/h13-18,23-24,31-32H,9-12H2,1-8H3. The lowest BCUT2D eigenvalue weighted by molar-refractivity contribution is 0.399. The van der Waals surface area contributed by atoms with Crippen LogP contribution in [-0.2, 0) is 0 Å². The number of benzene rings is 2. The summed E-state index contributed by atoms with van der Waals surface area (Å²) >= 11 is 0. The smallest absolute Gasteiger partial charge is 0.127 e. The highest BCUT2D eigenvalue weighted by atomic mass is 28.3. The van der Waals surface area contributed by atoms with Crippen LogP contribution in [0, 0.1) is 13.8 Å². The third-order valence-electron chi connectivity index (χ3n) is 6.91. The summed E-state index contributed by atoms with van der Waals surface area (Å²) in [4.78, 5) is 9.68. The van der Waals surface area contributed by atoms with Gasteiger partial charge in [-0.3, -0.25) is 9.98 Å². The molecule has 1 saturated carbocycles. The molecule has 0 bridgehead atoms. The Kier molecular flexibility index (Phi) is 7.93. The minimum atomic E-state index is -1.46. The highest BCUT2D eigenvalue weighted by Gasteiger charge is 2.22. The third kappa shape index (κ3) is 6.48. The zero-order chi connectivity index (χ0) is 25.3. The molecule has 4 nitrogen and oxygen atoms in total. The molecule has 0 heterocycles. The van der Waals surface area contributed by atoms with Crippen LogP contribution in [0.4, 0.5) is 0 Å². The van der Waals surface area contributed by atoms with Gasteiger partial charge in [-0.1, -0.05) is 73.9 Å². The molecule has 0 amide bonds. The van der Waals surface area contributed by atoms with Crippen molar-refractivity contribution in [3.63, 3.8) is 0 Å². The minimum Gasteiger partial charge on any atom is -0.507 e. The van der Waals surface area contributed by atoms with E-state index in [1.807, 2.05) is 26.3 Å². The summed E-state index contributed by atoms with van der Waals surface area (Å²) in [6.07, 6.45) is 7.72. The molecule has 2 aromatic rings. The Balaban J connectivity index is 1.66. The van der Waals surface area contributed by atoms with E-state index in [1.54, 1.807) is 0 Å². The second-order valence-corrected chi connectivity index (χ2v) is 22.1. The van der Waals surface area contributed by atoms with Gasteiger partial charge in [0.2, 0.25) is 0 Å². The quantitative estimate of drug-likeness (QED) is 0.402. The minimum absolute atomic E-state index is 0.271. The Morgan fingerprint density at radius 3 is 1.26 bits per heavy atom. The van der Waals surface area contributed by atoms with Crippen molar-refractivity contribution in [2.75, 3.05) is 0 Å². The van der Waals surface area contributed by atoms with Crippen molar-refractivity contribution in [3.8, 4) is 11.5 Å². The molecule has 1 aliphatic rings. The Morgan fingerprint density at radius 1 is 0.647 bits per heavy atom. The van der Waals surface area contributed by atoms with E-state index in [9.17, 15) is 10.2 Å². The van der Waals surface area contributed by atoms with Crippen LogP contribution in [0.5, 0.6) is 11.5 Å². The lowest BCUT2D eigenvalue weighted by Crippen LogP contribution is -2.38. The number of phenolic OH excluding ortho intramolecular Hbond substituents is 2. The molecular weight excluding hydrogens is 452 g/mol. The Bertz CT molecular complexity index is 1000. The van der Waals surface area contributed by atoms with E-state index in [1.165, 1.54) is 10.4 Å². The van der Waals surface area contributed by atoms with E-state index in [0.29, 0.717) is 11.5 Å². The maximum Gasteiger partial charge on any atom is 0.127 e. The highest BCUT2D eigenvalue weighted by molar-refractivity contribution is 6.89. The van der Waals surface area contributed by atoms with Crippen LogP contribution in [-0.4, -0.2) is 50.9 Å². The summed E-state index contributed by atoms with van der Waals surface area (Å²) in [5.74, 6) is 0.694. The van der Waals surface area contributed by atoms with Gasteiger partial charge >= 0.3 is 0 Å². The Hall–Kier alpha value is -2.19. The summed E-state index contributed by atoms with van der Waals surface area (Å²) in [6.45, 7) is 17.9. The first-order valence-electron chi connectivity index (χ1n) is 12.5. The Morgan fingerprint density at radius 2 is 0.971 bits per heavy atom. The van der Waals surface area contributed by atoms with Crippen LogP contribution in [0.25, 0.3) is 0 Å². The molecule has 1 fully saturated rings. The lowest BCUT2D eigenvalue weighted by Gasteiger charge is -2.24. The van der Waals surface area contributed by atoms with Crippen molar-refractivity contribution in [3.05, 3.63) is 46.5 Å². The van der Waals surface area contributed by atoms with E-state index in [0.717, 1.165) is 47.9 Å². The average molecular weight is 495 g/mol. The van der Waals surface area contributed by atoms with Gasteiger partial charge in [0.05, 0.1) is 28.2 Å². The number of aryl methyl sites for hydroxylation is 2. The maximum absolute atomic E-state index is 10.5. The van der Waals surface area contributed by atoms with Crippen molar-refractivity contribution in [2.45, 2.75) is 90.9 Å². The molecule has 0 spiro atoms. The zero-order valence-corrected chi connectivity index (χ0v) is 24.2. The molecule has 0 unspecified atom stereocenters. The van der Waals surface area contributed by atoms with Crippen molar-refractivity contribution in [1.29, 1.82) is 0 Å². The fraction of sp³-hybridized carbons (Fsp3) is 0.500. The third-order valence-corrected chi connectivity index (χ3v) is 10.9. The number of aromatic hydroxyl groups is 2. The first kappa shape index (κ1) is 26.4. The molecule has 6 heteroatoms. The number of nitrogens with zero attached hydrogens (tertiary/aromatic N) is 2. The van der Waals surface area contributed by atoms with Gasteiger partial charge in [-0.25, -0.2) is 0 Å². The van der Waals surface area contributed by atoms with Crippen molar-refractivity contribution < 1.29 is 10.2 Å². The average Bonchev–Trinajstić information content (AvgIpc) is 2.74. The van der Waals surface area contributed by atoms with Gasteiger partial charge in [0.15, 0.2) is 0 Å². The molecule has 0 aromatic heterocycles. The van der Waals surface area contributed by atoms with Crippen LogP contribution in [0.15, 0.2) is 34.3 Å². The fourth-order valence-corrected chi connectivity index (χ4v) is 6.88. The predicted octanol–water partition coefficient (Wildman–Crippen LogP) is 5.65. The lowest BCUT2D eigenvalue weighted by atomic mass is 9.92. The monoisotopic (exact) mass is 494 g/mol. The molecule has 2 N–H and O–H groups in total. The van der Waals surface area contributed by atoms with Gasteiger partial charge in [0.1, 0.15) is 11.5 Å². The largest absolute Gasteiger partial charge is 0.507 e. The molecule has 0 aliphatic heterocycles. The number of hydrogen-bond donors (Lipinski definition) is 2. The van der Waals surface area contributed by atoms with E-state index in [4.69, 9.17) is 9.98 Å². The Labute approximate surface area is 207 Å². The molecule has 0 saturated heterocycles. The van der Waals surface area contributed by atoms with Crippen LogP contribution < -0.4 is 10.4 Å². The topological polar surface area (TPSA) is 65.2 Å². The van der Waals surface area contributed by atoms with Crippen LogP contribution in [0.1, 0.15) is 47.9 Å². The number of rotatable bonds is 6. The molecular formula is C28H42N2O2Si2. The fourth-order valence-electron chi connectivity index (χ4n) is 4.40. The van der Waals surface area contributed by atoms with Crippen molar-refractivity contribution >= 4 is 39.0 Å². The van der Waals surface area contributed by atoms with Gasteiger partial charge in [-0.05, 0) is 50.7 Å². The summed E-state index contributed by atoms with van der Waals surface area (Å²) in [7, 11) is -2.92. The number of aliphatic imine (C=N–C) groups is 2. The maximum atomic E-state index is 10.5. The first-order valence-corrected chi connectivity index (χ1v) is 19.5. The SMILES string of the molecule is Cc1cc([Si](C)(C)C)cc(C=NC2CCC(N=Cc3cc([Si](C)(C)C)cc(C)c3O)CC2)c1O. The van der Waals surface area contributed by atoms with Gasteiger partial charge < -0.3 is 10.2 Å². The summed E-state index contributed by atoms with van der Waals surface area (Å²) < 4.78 is 0. The van der Waals surface area contributed by atoms with E-state index < -0.39 is 16.1 Å². The molecule has 0 radical (unpaired) electrons. The summed E-state index contributed by atoms with van der Waals surface area (Å²) in [5.41, 5.74) is 3.53. The number of phenols is 2. The summed E-state index contributed by atoms with van der Waals surface area (Å²) in [5, 5.41) is 23.8. The second kappa shape index (κ2) is 10.2. The van der Waals surface area contributed by atoms with Gasteiger partial charge in [0.25, 0.3) is 0 Å². The van der Waals surface area contributed by atoms with Crippen LogP contribution in [0.2, 0.25) is 39.3 Å². The highest BCUT2D eigenvalue weighted by Crippen LogP contribution is 2.26. The van der Waals surface area contributed by atoms with Crippen molar-refractivity contribution in [2.24, 2.45) is 9.98 Å². The molecule has 2 aromatic carbocycles. The van der Waals surface area contributed by atoms with Gasteiger partial charge in [0, 0.05) is 23.6 Å².